The van der Waals surface area contributed by atoms with Gasteiger partial charge in [-0.1, -0.05) is 104 Å². The van der Waals surface area contributed by atoms with Crippen LogP contribution in [0.15, 0.2) is 8.95 Å². The van der Waals surface area contributed by atoms with Gasteiger partial charge in [0, 0.05) is 5.41 Å². The average molecular weight is 558 g/mol. The monoisotopic (exact) mass is 556 g/mol. The number of halogens is 2. The van der Waals surface area contributed by atoms with E-state index in [0.717, 1.165) is 46.5 Å². The van der Waals surface area contributed by atoms with Crippen molar-refractivity contribution in [2.24, 2.45) is 5.41 Å². The van der Waals surface area contributed by atoms with E-state index >= 15 is 0 Å². The molecule has 0 saturated heterocycles. The smallest absolute Gasteiger partial charge is 0.177 e. The highest BCUT2D eigenvalue weighted by molar-refractivity contribution is 9.11. The fraction of sp³-hybridized carbons (Fsp3) is 0.704. The molecule has 176 valence electrons. The summed E-state index contributed by atoms with van der Waals surface area (Å²) < 4.78 is 14.7. The standard InChI is InChI=1S/C27H42Br2O2/c1-5-7-9-11-13-15-17-30-25-23(28)21-19-27(3,4)20-22(21)24(29)26(25)31-18-16-14-12-10-8-6-2/h19-20H,5-18H2,1-4H3. The Kier molecular flexibility index (Phi) is 12.0. The van der Waals surface area contributed by atoms with Crippen LogP contribution in [0.4, 0.5) is 0 Å². The summed E-state index contributed by atoms with van der Waals surface area (Å²) in [6.07, 6.45) is 19.8. The number of hydrogen-bond acceptors (Lipinski definition) is 2. The maximum absolute atomic E-state index is 6.32. The van der Waals surface area contributed by atoms with Crippen molar-refractivity contribution in [3.8, 4) is 11.5 Å². The van der Waals surface area contributed by atoms with Gasteiger partial charge in [-0.15, -0.1) is 0 Å². The van der Waals surface area contributed by atoms with Gasteiger partial charge >= 0.3 is 0 Å². The highest BCUT2D eigenvalue weighted by Gasteiger charge is 2.24. The van der Waals surface area contributed by atoms with Crippen LogP contribution in [-0.2, 0) is 0 Å². The lowest BCUT2D eigenvalue weighted by atomic mass is 9.96. The molecule has 0 bridgehead atoms. The first kappa shape index (κ1) is 26.8. The molecule has 0 N–H and O–H groups in total. The van der Waals surface area contributed by atoms with Gasteiger partial charge in [-0.05, 0) is 55.1 Å². The predicted octanol–water partition coefficient (Wildman–Crippen LogP) is 8.29. The van der Waals surface area contributed by atoms with Crippen molar-refractivity contribution in [3.05, 3.63) is 19.4 Å². The third-order valence-electron chi connectivity index (χ3n) is 5.89. The third kappa shape index (κ3) is 8.42. The minimum absolute atomic E-state index is 0.0296. The van der Waals surface area contributed by atoms with Crippen LogP contribution in [0.2, 0.25) is 0 Å². The van der Waals surface area contributed by atoms with Crippen LogP contribution in [-0.4, -0.2) is 13.2 Å². The summed E-state index contributed by atoms with van der Waals surface area (Å²) in [5.74, 6) is 1.71. The Bertz CT molecular complexity index is 734. The summed E-state index contributed by atoms with van der Waals surface area (Å²) in [4.78, 5) is 0. The van der Waals surface area contributed by atoms with Gasteiger partial charge < -0.3 is 9.47 Å². The Morgan fingerprint density at radius 3 is 1.35 bits per heavy atom. The van der Waals surface area contributed by atoms with E-state index in [-0.39, 0.29) is 5.41 Å². The fourth-order valence-electron chi connectivity index (χ4n) is 4.12. The molecular formula is C27H42Br2O2. The molecule has 0 atom stereocenters. The van der Waals surface area contributed by atoms with Crippen molar-refractivity contribution < 1.29 is 9.47 Å². The van der Waals surface area contributed by atoms with E-state index < -0.39 is 0 Å². The molecule has 2 nitrogen and oxygen atoms in total. The molecule has 1 aliphatic carbocycles. The van der Waals surface area contributed by atoms with Gasteiger partial charge in [0.15, 0.2) is 11.5 Å². The normalized spacial score (nSPS) is 14.1. The van der Waals surface area contributed by atoms with Crippen LogP contribution in [0.5, 0.6) is 11.5 Å². The van der Waals surface area contributed by atoms with Crippen LogP contribution in [0.1, 0.15) is 105 Å². The summed E-state index contributed by atoms with van der Waals surface area (Å²) in [7, 11) is 0. The second kappa shape index (κ2) is 13.9. The van der Waals surface area contributed by atoms with Gasteiger partial charge in [-0.2, -0.15) is 0 Å². The Hall–Kier alpha value is -0.480. The summed E-state index contributed by atoms with van der Waals surface area (Å²) in [6.45, 7) is 10.5. The molecular weight excluding hydrogens is 516 g/mol. The first-order chi connectivity index (χ1) is 14.9. The maximum atomic E-state index is 6.32. The molecule has 0 fully saturated rings. The van der Waals surface area contributed by atoms with Crippen LogP contribution in [0.25, 0.3) is 12.2 Å². The Balaban J connectivity index is 2.07. The average Bonchev–Trinajstić information content (AvgIpc) is 3.07. The van der Waals surface area contributed by atoms with E-state index in [4.69, 9.17) is 9.47 Å². The lowest BCUT2D eigenvalue weighted by Gasteiger charge is -2.17. The summed E-state index contributed by atoms with van der Waals surface area (Å²) in [6, 6.07) is 0. The van der Waals surface area contributed by atoms with Gasteiger partial charge in [0.25, 0.3) is 0 Å². The van der Waals surface area contributed by atoms with E-state index in [1.807, 2.05) is 0 Å². The molecule has 31 heavy (non-hydrogen) atoms. The topological polar surface area (TPSA) is 18.5 Å². The number of fused-ring (bicyclic) bond motifs is 1. The summed E-state index contributed by atoms with van der Waals surface area (Å²) in [5, 5.41) is 2.42. The number of benzene rings is 1. The molecule has 0 spiro atoms. The highest BCUT2D eigenvalue weighted by atomic mass is 79.9. The molecule has 0 amide bonds. The van der Waals surface area contributed by atoms with Crippen LogP contribution in [0.3, 0.4) is 0 Å². The molecule has 2 rings (SSSR count). The maximum Gasteiger partial charge on any atom is 0.177 e. The van der Waals surface area contributed by atoms with E-state index in [9.17, 15) is 0 Å². The number of unbranched alkanes of at least 4 members (excludes halogenated alkanes) is 10. The Morgan fingerprint density at radius 1 is 0.613 bits per heavy atom. The second-order valence-corrected chi connectivity index (χ2v) is 11.0. The van der Waals surface area contributed by atoms with Crippen LogP contribution < -0.4 is 19.9 Å². The molecule has 0 unspecified atom stereocenters. The lowest BCUT2D eigenvalue weighted by Crippen LogP contribution is -2.26. The van der Waals surface area contributed by atoms with Crippen molar-refractivity contribution in [3.63, 3.8) is 0 Å². The van der Waals surface area contributed by atoms with Crippen LogP contribution in [0, 0.1) is 5.41 Å². The van der Waals surface area contributed by atoms with Crippen molar-refractivity contribution in [1.82, 2.24) is 0 Å². The number of ether oxygens (including phenoxy) is 2. The number of hydrogen-bond donors (Lipinski definition) is 0. The quantitative estimate of drug-likeness (QED) is 0.190. The molecule has 0 saturated carbocycles. The number of rotatable bonds is 16. The van der Waals surface area contributed by atoms with Crippen molar-refractivity contribution >= 4 is 44.0 Å². The zero-order valence-corrected chi connectivity index (χ0v) is 23.3. The summed E-state index contributed by atoms with van der Waals surface area (Å²) >= 11 is 7.69. The minimum Gasteiger partial charge on any atom is -0.488 e. The molecule has 0 radical (unpaired) electrons. The Labute approximate surface area is 207 Å². The van der Waals surface area contributed by atoms with Gasteiger partial charge in [-0.25, -0.2) is 0 Å². The lowest BCUT2D eigenvalue weighted by molar-refractivity contribution is 0.255. The first-order valence-corrected chi connectivity index (χ1v) is 14.0. The molecule has 1 aliphatic rings. The van der Waals surface area contributed by atoms with Gasteiger partial charge in [0.1, 0.15) is 0 Å². The molecule has 1 aromatic carbocycles. The van der Waals surface area contributed by atoms with Crippen molar-refractivity contribution in [2.45, 2.75) is 105 Å². The van der Waals surface area contributed by atoms with E-state index in [0.29, 0.717) is 0 Å². The Morgan fingerprint density at radius 2 is 0.968 bits per heavy atom. The zero-order chi connectivity index (χ0) is 22.7. The molecule has 0 aliphatic heterocycles. The second-order valence-electron chi connectivity index (χ2n) is 9.46. The SMILES string of the molecule is CCCCCCCCOc1c(OCCCCCCCC)c(Br)c2c(c1Br)=CC(C)(C)C=2. The molecule has 1 aromatic rings. The molecule has 4 heteroatoms. The van der Waals surface area contributed by atoms with Crippen LogP contribution >= 0.6 is 31.9 Å². The predicted molar refractivity (Wildman–Crippen MR) is 142 cm³/mol. The molecule has 0 aromatic heterocycles. The van der Waals surface area contributed by atoms with E-state index in [2.05, 4.69) is 71.7 Å². The third-order valence-corrected chi connectivity index (χ3v) is 7.46. The minimum atomic E-state index is 0.0296. The largest absolute Gasteiger partial charge is 0.488 e. The first-order valence-electron chi connectivity index (χ1n) is 12.4. The van der Waals surface area contributed by atoms with E-state index in [1.54, 1.807) is 0 Å². The van der Waals surface area contributed by atoms with Gasteiger partial charge in [-0.3, -0.25) is 0 Å². The van der Waals surface area contributed by atoms with Gasteiger partial charge in [0.05, 0.1) is 22.2 Å². The van der Waals surface area contributed by atoms with Gasteiger partial charge in [0.2, 0.25) is 0 Å². The van der Waals surface area contributed by atoms with Crippen molar-refractivity contribution in [2.75, 3.05) is 13.2 Å². The van der Waals surface area contributed by atoms with E-state index in [1.165, 1.54) is 74.6 Å². The van der Waals surface area contributed by atoms with Crippen molar-refractivity contribution in [1.29, 1.82) is 0 Å². The highest BCUT2D eigenvalue weighted by Crippen LogP contribution is 2.39. The fourth-order valence-corrected chi connectivity index (χ4v) is 5.36. The zero-order valence-electron chi connectivity index (χ0n) is 20.1. The summed E-state index contributed by atoms with van der Waals surface area (Å²) in [5.41, 5.74) is 0.0296. The molecule has 0 heterocycles.